The van der Waals surface area contributed by atoms with E-state index >= 15 is 0 Å². The maximum atomic E-state index is 12.8. The lowest BCUT2D eigenvalue weighted by Gasteiger charge is -2.09. The van der Waals surface area contributed by atoms with Gasteiger partial charge >= 0.3 is 5.97 Å². The fourth-order valence-electron chi connectivity index (χ4n) is 1.70. The Kier molecular flexibility index (Phi) is 4.32. The molecule has 7 heteroatoms. The Morgan fingerprint density at radius 2 is 1.95 bits per heavy atom. The van der Waals surface area contributed by atoms with E-state index < -0.39 is 11.9 Å². The van der Waals surface area contributed by atoms with Crippen molar-refractivity contribution in [3.05, 3.63) is 45.7 Å². The van der Waals surface area contributed by atoms with Crippen LogP contribution in [-0.2, 0) is 4.79 Å². The van der Waals surface area contributed by atoms with Gasteiger partial charge in [0.2, 0.25) is 5.91 Å². The Bertz CT molecular complexity index is 682. The van der Waals surface area contributed by atoms with E-state index in [4.69, 9.17) is 5.11 Å². The lowest BCUT2D eigenvalue weighted by molar-refractivity contribution is -0.117. The summed E-state index contributed by atoms with van der Waals surface area (Å²) in [6.07, 6.45) is 0. The van der Waals surface area contributed by atoms with Gasteiger partial charge < -0.3 is 10.4 Å². The number of halogens is 1. The van der Waals surface area contributed by atoms with Gasteiger partial charge in [-0.3, -0.25) is 4.79 Å². The molecule has 0 fully saturated rings. The van der Waals surface area contributed by atoms with Crippen molar-refractivity contribution in [3.63, 3.8) is 0 Å². The largest absolute Gasteiger partial charge is 0.477 e. The maximum Gasteiger partial charge on any atom is 0.347 e. The lowest BCUT2D eigenvalue weighted by Crippen LogP contribution is -2.18. The molecular weight excluding hydrogens is 295 g/mol. The number of carboxylic acids is 1. The summed E-state index contributed by atoms with van der Waals surface area (Å²) in [5.74, 6) is -2.36. The number of anilines is 1. The number of nitrogens with zero attached hydrogens (tertiary/aromatic N) is 1. The summed E-state index contributed by atoms with van der Waals surface area (Å²) in [7, 11) is 0. The third kappa shape index (κ3) is 3.43. The van der Waals surface area contributed by atoms with Gasteiger partial charge in [0.25, 0.3) is 0 Å². The molecule has 1 amide bonds. The zero-order chi connectivity index (χ0) is 15.6. The third-order valence-electron chi connectivity index (χ3n) is 2.88. The molecule has 2 aromatic rings. The maximum absolute atomic E-state index is 12.8. The van der Waals surface area contributed by atoms with Crippen LogP contribution in [-0.4, -0.2) is 22.0 Å². The Morgan fingerprint density at radius 1 is 1.33 bits per heavy atom. The van der Waals surface area contributed by atoms with Crippen molar-refractivity contribution < 1.29 is 19.1 Å². The number of carbonyl (C=O) groups excluding carboxylic acids is 1. The molecule has 0 aliphatic rings. The lowest BCUT2D eigenvalue weighted by atomic mass is 10.1. The van der Waals surface area contributed by atoms with Crippen LogP contribution in [0.5, 0.6) is 0 Å². The summed E-state index contributed by atoms with van der Waals surface area (Å²) in [6.45, 7) is 3.23. The number of nitrogens with one attached hydrogen (secondary N) is 1. The molecule has 0 radical (unpaired) electrons. The second-order valence-corrected chi connectivity index (χ2v) is 5.52. The van der Waals surface area contributed by atoms with E-state index in [2.05, 4.69) is 10.3 Å². The first-order valence-corrected chi connectivity index (χ1v) is 6.97. The molecule has 0 bridgehead atoms. The van der Waals surface area contributed by atoms with E-state index in [-0.39, 0.29) is 16.6 Å². The van der Waals surface area contributed by atoms with Gasteiger partial charge in [-0.2, -0.15) is 0 Å². The highest BCUT2D eigenvalue weighted by atomic mass is 32.1. The van der Waals surface area contributed by atoms with Crippen molar-refractivity contribution in [1.29, 1.82) is 0 Å². The van der Waals surface area contributed by atoms with Crippen LogP contribution in [0.2, 0.25) is 0 Å². The first-order valence-electron chi connectivity index (χ1n) is 6.15. The van der Waals surface area contributed by atoms with Crippen molar-refractivity contribution in [2.45, 2.75) is 19.8 Å². The third-order valence-corrected chi connectivity index (χ3v) is 4.21. The molecule has 0 unspecified atom stereocenters. The number of thiazole rings is 1. The molecule has 0 aliphatic carbocycles. The fourth-order valence-corrected chi connectivity index (χ4v) is 2.65. The summed E-state index contributed by atoms with van der Waals surface area (Å²) >= 11 is 0.986. The van der Waals surface area contributed by atoms with Gasteiger partial charge in [-0.1, -0.05) is 0 Å². The molecule has 2 N–H and O–H groups in total. The Morgan fingerprint density at radius 3 is 2.48 bits per heavy atom. The van der Waals surface area contributed by atoms with E-state index in [1.54, 1.807) is 13.8 Å². The van der Waals surface area contributed by atoms with E-state index in [9.17, 15) is 14.0 Å². The van der Waals surface area contributed by atoms with Crippen LogP contribution >= 0.6 is 11.3 Å². The monoisotopic (exact) mass is 308 g/mol. The Balaban J connectivity index is 2.13. The smallest absolute Gasteiger partial charge is 0.347 e. The number of carboxylic acid groups (broad SMARTS) is 1. The number of benzene rings is 1. The zero-order valence-corrected chi connectivity index (χ0v) is 12.2. The number of hydrogen-bond donors (Lipinski definition) is 2. The fraction of sp³-hybridized carbons (Fsp3) is 0.214. The Hall–Kier alpha value is -2.28. The molecule has 1 aromatic heterocycles. The van der Waals surface area contributed by atoms with Crippen molar-refractivity contribution in [3.8, 4) is 0 Å². The average molecular weight is 308 g/mol. The van der Waals surface area contributed by atoms with Gasteiger partial charge in [0.05, 0.1) is 11.6 Å². The summed E-state index contributed by atoms with van der Waals surface area (Å²) in [4.78, 5) is 27.3. The number of hydrogen-bond acceptors (Lipinski definition) is 4. The first-order chi connectivity index (χ1) is 9.88. The van der Waals surface area contributed by atoms with Crippen molar-refractivity contribution in [2.75, 3.05) is 5.32 Å². The van der Waals surface area contributed by atoms with Gasteiger partial charge in [0.1, 0.15) is 15.7 Å². The molecule has 2 rings (SSSR count). The SMILES string of the molecule is Cc1nc([C@@H](C)C(=O)Nc2ccc(F)cc2)sc1C(=O)O. The number of carbonyl (C=O) groups is 2. The van der Waals surface area contributed by atoms with Crippen LogP contribution < -0.4 is 5.32 Å². The number of amides is 1. The van der Waals surface area contributed by atoms with Gasteiger partial charge in [0, 0.05) is 5.69 Å². The van der Waals surface area contributed by atoms with Crippen LogP contribution in [0.15, 0.2) is 24.3 Å². The predicted octanol–water partition coefficient (Wildman–Crippen LogP) is 3.03. The van der Waals surface area contributed by atoms with E-state index in [1.165, 1.54) is 24.3 Å². The van der Waals surface area contributed by atoms with Gasteiger partial charge in [0.15, 0.2) is 0 Å². The molecule has 0 saturated heterocycles. The van der Waals surface area contributed by atoms with Crippen LogP contribution in [0, 0.1) is 12.7 Å². The quantitative estimate of drug-likeness (QED) is 0.910. The minimum atomic E-state index is -1.05. The molecule has 1 aromatic carbocycles. The van der Waals surface area contributed by atoms with Crippen LogP contribution in [0.1, 0.15) is 33.2 Å². The molecule has 0 spiro atoms. The first kappa shape index (κ1) is 15.1. The summed E-state index contributed by atoms with van der Waals surface area (Å²) in [5.41, 5.74) is 0.865. The molecule has 5 nitrogen and oxygen atoms in total. The number of aromatic nitrogens is 1. The highest BCUT2D eigenvalue weighted by Crippen LogP contribution is 2.26. The van der Waals surface area contributed by atoms with E-state index in [1.807, 2.05) is 0 Å². The van der Waals surface area contributed by atoms with Crippen molar-refractivity contribution in [2.24, 2.45) is 0 Å². The van der Waals surface area contributed by atoms with Crippen LogP contribution in [0.25, 0.3) is 0 Å². The standard InChI is InChI=1S/C14H13FN2O3S/c1-7(13-16-8(2)11(21-13)14(19)20)12(18)17-10-5-3-9(15)4-6-10/h3-7H,1-2H3,(H,17,18)(H,19,20)/t7-/m0/s1. The topological polar surface area (TPSA) is 79.3 Å². The summed E-state index contributed by atoms with van der Waals surface area (Å²) in [5, 5.41) is 12.1. The molecule has 1 heterocycles. The second-order valence-electron chi connectivity index (χ2n) is 4.49. The summed E-state index contributed by atoms with van der Waals surface area (Å²) in [6, 6.07) is 5.40. The van der Waals surface area contributed by atoms with Gasteiger partial charge in [-0.25, -0.2) is 14.2 Å². The minimum Gasteiger partial charge on any atom is -0.477 e. The summed E-state index contributed by atoms with van der Waals surface area (Å²) < 4.78 is 12.8. The van der Waals surface area contributed by atoms with Crippen molar-refractivity contribution >= 4 is 28.9 Å². The minimum absolute atomic E-state index is 0.131. The van der Waals surface area contributed by atoms with Crippen molar-refractivity contribution in [1.82, 2.24) is 4.98 Å². The molecule has 0 aliphatic heterocycles. The zero-order valence-electron chi connectivity index (χ0n) is 11.4. The average Bonchev–Trinajstić information content (AvgIpc) is 2.82. The Labute approximate surface area is 124 Å². The molecular formula is C14H13FN2O3S. The van der Waals surface area contributed by atoms with Crippen LogP contribution in [0.3, 0.4) is 0 Å². The predicted molar refractivity (Wildman–Crippen MR) is 77.3 cm³/mol. The highest BCUT2D eigenvalue weighted by Gasteiger charge is 2.22. The molecule has 1 atom stereocenters. The van der Waals surface area contributed by atoms with E-state index in [0.717, 1.165) is 11.3 Å². The molecule has 0 saturated carbocycles. The van der Waals surface area contributed by atoms with Gasteiger partial charge in [-0.15, -0.1) is 11.3 Å². The highest BCUT2D eigenvalue weighted by molar-refractivity contribution is 7.13. The second kappa shape index (κ2) is 6.01. The van der Waals surface area contributed by atoms with E-state index in [0.29, 0.717) is 16.4 Å². The number of aromatic carboxylic acids is 1. The number of rotatable bonds is 4. The van der Waals surface area contributed by atoms with Gasteiger partial charge in [-0.05, 0) is 38.1 Å². The normalized spacial score (nSPS) is 12.0. The molecule has 110 valence electrons. The molecule has 21 heavy (non-hydrogen) atoms. The van der Waals surface area contributed by atoms with Crippen LogP contribution in [0.4, 0.5) is 10.1 Å². The number of aryl methyl sites for hydroxylation is 1.